The number of aliphatic hydroxyl groups excluding tert-OH is 1. The first kappa shape index (κ1) is 16.4. The summed E-state index contributed by atoms with van der Waals surface area (Å²) in [6.45, 7) is 0.270. The summed E-state index contributed by atoms with van der Waals surface area (Å²) >= 11 is 11.5. The van der Waals surface area contributed by atoms with Crippen LogP contribution >= 0.6 is 23.2 Å². The number of sulfonamides is 1. The third-order valence-electron chi connectivity index (χ3n) is 3.26. The average Bonchev–Trinajstić information content (AvgIpc) is 2.38. The van der Waals surface area contributed by atoms with Crippen LogP contribution in [0.25, 0.3) is 0 Å². The molecule has 0 aromatic heterocycles. The Morgan fingerprint density at radius 1 is 1.29 bits per heavy atom. The molecule has 1 aromatic carbocycles. The van der Waals surface area contributed by atoms with E-state index in [4.69, 9.17) is 23.2 Å². The second-order valence-electron chi connectivity index (χ2n) is 4.60. The predicted molar refractivity (Wildman–Crippen MR) is 77.1 cm³/mol. The highest BCUT2D eigenvalue weighted by Crippen LogP contribution is 2.38. The molecule has 1 saturated heterocycles. The van der Waals surface area contributed by atoms with Crippen LogP contribution in [0.3, 0.4) is 0 Å². The highest BCUT2D eigenvalue weighted by atomic mass is 35.5. The molecule has 7 nitrogen and oxygen atoms in total. The maximum absolute atomic E-state index is 12.5. The van der Waals surface area contributed by atoms with Crippen LogP contribution in [0, 0.1) is 10.1 Å². The quantitative estimate of drug-likeness (QED) is 0.661. The monoisotopic (exact) mass is 354 g/mol. The first-order chi connectivity index (χ1) is 9.75. The molecule has 21 heavy (non-hydrogen) atoms. The summed E-state index contributed by atoms with van der Waals surface area (Å²) in [5.74, 6) is 0. The molecule has 116 valence electrons. The molecule has 0 aliphatic carbocycles. The molecule has 1 heterocycles. The van der Waals surface area contributed by atoms with Crippen molar-refractivity contribution in [3.63, 3.8) is 0 Å². The van der Waals surface area contributed by atoms with Crippen LogP contribution in [0.15, 0.2) is 17.0 Å². The minimum absolute atomic E-state index is 0.135. The van der Waals surface area contributed by atoms with Crippen molar-refractivity contribution in [2.24, 2.45) is 0 Å². The van der Waals surface area contributed by atoms with Gasteiger partial charge in [0.05, 0.1) is 11.0 Å². The second kappa shape index (κ2) is 6.05. The summed E-state index contributed by atoms with van der Waals surface area (Å²) in [7, 11) is -3.96. The van der Waals surface area contributed by atoms with Crippen molar-refractivity contribution >= 4 is 38.9 Å². The zero-order valence-corrected chi connectivity index (χ0v) is 13.0. The minimum atomic E-state index is -3.96. The van der Waals surface area contributed by atoms with Crippen molar-refractivity contribution in [1.82, 2.24) is 4.31 Å². The SMILES string of the molecule is O=[N+]([O-])c1c(Cl)ccc(S(=O)(=O)N2CCC(O)CC2)c1Cl. The predicted octanol–water partition coefficient (Wildman–Crippen LogP) is 2.05. The third kappa shape index (κ3) is 3.14. The van der Waals surface area contributed by atoms with Crippen LogP contribution in [-0.2, 0) is 10.0 Å². The highest BCUT2D eigenvalue weighted by Gasteiger charge is 2.33. The Balaban J connectivity index is 2.46. The summed E-state index contributed by atoms with van der Waals surface area (Å²) in [4.78, 5) is 9.77. The van der Waals surface area contributed by atoms with Gasteiger partial charge >= 0.3 is 5.69 Å². The Hall–Kier alpha value is -0.930. The van der Waals surface area contributed by atoms with Crippen LogP contribution in [-0.4, -0.2) is 41.9 Å². The maximum atomic E-state index is 12.5. The Morgan fingerprint density at radius 3 is 2.38 bits per heavy atom. The molecule has 10 heteroatoms. The van der Waals surface area contributed by atoms with Crippen LogP contribution < -0.4 is 0 Å². The number of hydrogen-bond donors (Lipinski definition) is 1. The average molecular weight is 355 g/mol. The molecule has 0 radical (unpaired) electrons. The topological polar surface area (TPSA) is 101 Å². The molecule has 2 rings (SSSR count). The van der Waals surface area contributed by atoms with Gasteiger partial charge in [0.1, 0.15) is 14.9 Å². The van der Waals surface area contributed by atoms with Crippen molar-refractivity contribution in [3.8, 4) is 0 Å². The first-order valence-electron chi connectivity index (χ1n) is 6.05. The molecule has 1 aromatic rings. The molecule has 1 aliphatic rings. The zero-order chi connectivity index (χ0) is 15.8. The molecule has 0 atom stereocenters. The van der Waals surface area contributed by atoms with E-state index in [1.54, 1.807) is 0 Å². The van der Waals surface area contributed by atoms with E-state index in [2.05, 4.69) is 0 Å². The fourth-order valence-electron chi connectivity index (χ4n) is 2.11. The first-order valence-corrected chi connectivity index (χ1v) is 8.25. The normalized spacial score (nSPS) is 17.9. The molecule has 0 unspecified atom stereocenters. The molecular formula is C11H12Cl2N2O5S. The van der Waals surface area contributed by atoms with Gasteiger partial charge in [0, 0.05) is 13.1 Å². The minimum Gasteiger partial charge on any atom is -0.393 e. The van der Waals surface area contributed by atoms with E-state index in [0.29, 0.717) is 12.8 Å². The summed E-state index contributed by atoms with van der Waals surface area (Å²) < 4.78 is 26.1. The number of aliphatic hydroxyl groups is 1. The van der Waals surface area contributed by atoms with Gasteiger partial charge in [0.25, 0.3) is 0 Å². The zero-order valence-electron chi connectivity index (χ0n) is 10.7. The summed E-state index contributed by atoms with van der Waals surface area (Å²) in [5, 5.41) is 19.6. The number of nitrogens with zero attached hydrogens (tertiary/aromatic N) is 2. The molecule has 1 fully saturated rings. The van der Waals surface area contributed by atoms with E-state index >= 15 is 0 Å². The van der Waals surface area contributed by atoms with Crippen LogP contribution in [0.5, 0.6) is 0 Å². The van der Waals surface area contributed by atoms with Crippen LogP contribution in [0.1, 0.15) is 12.8 Å². The molecule has 1 N–H and O–H groups in total. The van der Waals surface area contributed by atoms with Gasteiger partial charge in [-0.3, -0.25) is 10.1 Å². The molecule has 1 aliphatic heterocycles. The van der Waals surface area contributed by atoms with Gasteiger partial charge < -0.3 is 5.11 Å². The molecule has 0 saturated carbocycles. The number of halogens is 2. The van der Waals surface area contributed by atoms with E-state index in [-0.39, 0.29) is 23.0 Å². The van der Waals surface area contributed by atoms with E-state index < -0.39 is 31.8 Å². The van der Waals surface area contributed by atoms with Gasteiger partial charge in [-0.15, -0.1) is 0 Å². The number of benzene rings is 1. The Morgan fingerprint density at radius 2 is 1.86 bits per heavy atom. The Kier molecular flexibility index (Phi) is 4.74. The smallest absolute Gasteiger partial charge is 0.307 e. The van der Waals surface area contributed by atoms with Gasteiger partial charge in [-0.25, -0.2) is 8.42 Å². The number of piperidine rings is 1. The fourth-order valence-corrected chi connectivity index (χ4v) is 4.44. The number of nitro groups is 1. The van der Waals surface area contributed by atoms with Gasteiger partial charge in [0.15, 0.2) is 0 Å². The third-order valence-corrected chi connectivity index (χ3v) is 6.00. The summed E-state index contributed by atoms with van der Waals surface area (Å²) in [5.41, 5.74) is -0.628. The molecule has 0 bridgehead atoms. The summed E-state index contributed by atoms with van der Waals surface area (Å²) in [6.07, 6.45) is 0.0884. The van der Waals surface area contributed by atoms with Gasteiger partial charge in [-0.2, -0.15) is 4.31 Å². The van der Waals surface area contributed by atoms with Crippen molar-refractivity contribution in [3.05, 3.63) is 32.3 Å². The van der Waals surface area contributed by atoms with E-state index in [0.717, 1.165) is 16.4 Å². The van der Waals surface area contributed by atoms with Crippen molar-refractivity contribution in [2.45, 2.75) is 23.8 Å². The number of nitro benzene ring substituents is 1. The lowest BCUT2D eigenvalue weighted by molar-refractivity contribution is -0.384. The maximum Gasteiger partial charge on any atom is 0.307 e. The number of rotatable bonds is 3. The number of hydrogen-bond acceptors (Lipinski definition) is 5. The van der Waals surface area contributed by atoms with Crippen molar-refractivity contribution in [1.29, 1.82) is 0 Å². The fraction of sp³-hybridized carbons (Fsp3) is 0.455. The lowest BCUT2D eigenvalue weighted by atomic mass is 10.1. The molecule has 0 amide bonds. The highest BCUT2D eigenvalue weighted by molar-refractivity contribution is 7.89. The molecular weight excluding hydrogens is 343 g/mol. The largest absolute Gasteiger partial charge is 0.393 e. The van der Waals surface area contributed by atoms with Crippen LogP contribution in [0.4, 0.5) is 5.69 Å². The van der Waals surface area contributed by atoms with Gasteiger partial charge in [-0.05, 0) is 25.0 Å². The standard InChI is InChI=1S/C11H12Cl2N2O5S/c12-8-1-2-9(10(13)11(8)15(17)18)21(19,20)14-5-3-7(16)4-6-14/h1-2,7,16H,3-6H2. The van der Waals surface area contributed by atoms with E-state index in [1.807, 2.05) is 0 Å². The van der Waals surface area contributed by atoms with Gasteiger partial charge in [0.2, 0.25) is 10.0 Å². The lowest BCUT2D eigenvalue weighted by Gasteiger charge is -2.28. The lowest BCUT2D eigenvalue weighted by Crippen LogP contribution is -2.40. The molecule has 0 spiro atoms. The van der Waals surface area contributed by atoms with Gasteiger partial charge in [-0.1, -0.05) is 23.2 Å². The van der Waals surface area contributed by atoms with E-state index in [9.17, 15) is 23.6 Å². The Bertz CT molecular complexity index is 671. The Labute approximate surface area is 131 Å². The second-order valence-corrected chi connectivity index (χ2v) is 7.29. The van der Waals surface area contributed by atoms with Crippen LogP contribution in [0.2, 0.25) is 10.0 Å². The van der Waals surface area contributed by atoms with Crippen molar-refractivity contribution in [2.75, 3.05) is 13.1 Å². The van der Waals surface area contributed by atoms with Crippen molar-refractivity contribution < 1.29 is 18.4 Å². The van der Waals surface area contributed by atoms with E-state index in [1.165, 1.54) is 0 Å². The summed E-state index contributed by atoms with van der Waals surface area (Å²) in [6, 6.07) is 2.29.